The molecule has 3 nitrogen and oxygen atoms in total. The quantitative estimate of drug-likeness (QED) is 0.774. The maximum atomic E-state index is 14.3. The molecule has 5 heteroatoms. The molecule has 2 heterocycles. The Morgan fingerprint density at radius 2 is 2.08 bits per heavy atom. The van der Waals surface area contributed by atoms with E-state index in [9.17, 15) is 8.78 Å². The first-order valence-electron chi connectivity index (χ1n) is 9.95. The molecule has 26 heavy (non-hydrogen) atoms. The van der Waals surface area contributed by atoms with Crippen molar-refractivity contribution in [3.8, 4) is 0 Å². The standard InChI is InChI=1S/C21H30F2N2O/c1-13-10-14(12-26-2)6-7-19(13)25-9-8-17-20(25)11-18(24-17)21-15(22)4-3-5-16(21)23/h3-7,13-15,17-21,24H,8-12H2,1-2H3. The van der Waals surface area contributed by atoms with Crippen molar-refractivity contribution in [3.05, 3.63) is 36.2 Å². The molecule has 0 spiro atoms. The number of nitrogens with one attached hydrogen (secondary N) is 1. The number of likely N-dealkylation sites (tertiary alicyclic amines) is 1. The number of alkyl halides is 1. The van der Waals surface area contributed by atoms with Gasteiger partial charge in [0.15, 0.2) is 0 Å². The minimum absolute atomic E-state index is 0.117. The Bertz CT molecular complexity index is 605. The predicted octanol–water partition coefficient (Wildman–Crippen LogP) is 3.40. The van der Waals surface area contributed by atoms with E-state index in [0.29, 0.717) is 30.0 Å². The lowest BCUT2D eigenvalue weighted by molar-refractivity contribution is 0.114. The molecular weight excluding hydrogens is 334 g/mol. The van der Waals surface area contributed by atoms with Crippen molar-refractivity contribution in [3.63, 3.8) is 0 Å². The molecule has 144 valence electrons. The zero-order chi connectivity index (χ0) is 18.3. The molecule has 2 fully saturated rings. The fourth-order valence-electron chi connectivity index (χ4n) is 5.58. The summed E-state index contributed by atoms with van der Waals surface area (Å²) in [5.41, 5.74) is 0. The zero-order valence-corrected chi connectivity index (χ0v) is 15.7. The minimum atomic E-state index is -1.23. The van der Waals surface area contributed by atoms with Gasteiger partial charge >= 0.3 is 0 Å². The van der Waals surface area contributed by atoms with Crippen LogP contribution in [0, 0.1) is 17.8 Å². The Morgan fingerprint density at radius 1 is 1.23 bits per heavy atom. The summed E-state index contributed by atoms with van der Waals surface area (Å²) in [6.45, 7) is 4.16. The summed E-state index contributed by atoms with van der Waals surface area (Å²) in [5.74, 6) is 0.0796. The van der Waals surface area contributed by atoms with E-state index in [0.717, 1.165) is 32.4 Å². The van der Waals surface area contributed by atoms with Crippen LogP contribution in [0.3, 0.4) is 0 Å². The highest BCUT2D eigenvalue weighted by atomic mass is 19.1. The molecule has 0 aromatic rings. The van der Waals surface area contributed by atoms with Crippen LogP contribution in [0.4, 0.5) is 8.78 Å². The molecule has 0 amide bonds. The number of rotatable bonds is 4. The Kier molecular flexibility index (Phi) is 5.31. The monoisotopic (exact) mass is 364 g/mol. The van der Waals surface area contributed by atoms with Crippen molar-refractivity contribution in [1.82, 2.24) is 10.2 Å². The SMILES string of the molecule is COCC1C=CC(N2CCC3NC(C4C(F)=CC=CC4F)CC32)C(C)C1. The smallest absolute Gasteiger partial charge is 0.129 e. The van der Waals surface area contributed by atoms with Gasteiger partial charge in [-0.15, -0.1) is 0 Å². The summed E-state index contributed by atoms with van der Waals surface area (Å²) in [4.78, 5) is 2.58. The van der Waals surface area contributed by atoms with Gasteiger partial charge in [-0.2, -0.15) is 0 Å². The first kappa shape index (κ1) is 18.3. The lowest BCUT2D eigenvalue weighted by Gasteiger charge is -2.38. The molecule has 2 aliphatic heterocycles. The van der Waals surface area contributed by atoms with Gasteiger partial charge in [0.25, 0.3) is 0 Å². The number of hydrogen-bond donors (Lipinski definition) is 1. The van der Waals surface area contributed by atoms with Crippen molar-refractivity contribution in [1.29, 1.82) is 0 Å². The molecule has 0 aromatic heterocycles. The number of ether oxygens (including phenoxy) is 1. The summed E-state index contributed by atoms with van der Waals surface area (Å²) < 4.78 is 33.9. The summed E-state index contributed by atoms with van der Waals surface area (Å²) in [7, 11) is 1.76. The highest BCUT2D eigenvalue weighted by Gasteiger charge is 2.49. The predicted molar refractivity (Wildman–Crippen MR) is 99.2 cm³/mol. The third kappa shape index (κ3) is 3.30. The zero-order valence-electron chi connectivity index (χ0n) is 15.7. The highest BCUT2D eigenvalue weighted by molar-refractivity contribution is 5.23. The number of methoxy groups -OCH3 is 1. The largest absolute Gasteiger partial charge is 0.384 e. The van der Waals surface area contributed by atoms with E-state index >= 15 is 0 Å². The van der Waals surface area contributed by atoms with Crippen LogP contribution in [0.5, 0.6) is 0 Å². The Morgan fingerprint density at radius 3 is 2.81 bits per heavy atom. The van der Waals surface area contributed by atoms with Crippen LogP contribution in [0.25, 0.3) is 0 Å². The van der Waals surface area contributed by atoms with Crippen molar-refractivity contribution >= 4 is 0 Å². The molecule has 2 aliphatic carbocycles. The van der Waals surface area contributed by atoms with Gasteiger partial charge < -0.3 is 10.1 Å². The molecule has 0 bridgehead atoms. The molecule has 0 saturated carbocycles. The van der Waals surface area contributed by atoms with E-state index in [2.05, 4.69) is 29.3 Å². The van der Waals surface area contributed by atoms with Gasteiger partial charge in [0, 0.05) is 43.7 Å². The van der Waals surface area contributed by atoms with Gasteiger partial charge in [0.05, 0.1) is 12.5 Å². The van der Waals surface area contributed by atoms with E-state index in [1.54, 1.807) is 7.11 Å². The van der Waals surface area contributed by atoms with Gasteiger partial charge in [0.2, 0.25) is 0 Å². The van der Waals surface area contributed by atoms with Crippen molar-refractivity contribution in [2.45, 2.75) is 56.5 Å². The average Bonchev–Trinajstić information content (AvgIpc) is 3.16. The first-order valence-corrected chi connectivity index (χ1v) is 9.95. The molecule has 8 unspecified atom stereocenters. The molecule has 8 atom stereocenters. The van der Waals surface area contributed by atoms with Crippen LogP contribution in [0.1, 0.15) is 26.2 Å². The van der Waals surface area contributed by atoms with Gasteiger partial charge in [-0.25, -0.2) is 8.78 Å². The fraction of sp³-hybridized carbons (Fsp3) is 0.714. The van der Waals surface area contributed by atoms with Crippen LogP contribution >= 0.6 is 0 Å². The number of allylic oxidation sites excluding steroid dienone is 3. The summed E-state index contributed by atoms with van der Waals surface area (Å²) in [6, 6.07) is 1.03. The Hall–Kier alpha value is -1.04. The summed E-state index contributed by atoms with van der Waals surface area (Å²) >= 11 is 0. The van der Waals surface area contributed by atoms with Crippen LogP contribution < -0.4 is 5.32 Å². The van der Waals surface area contributed by atoms with Crippen LogP contribution in [-0.4, -0.2) is 55.5 Å². The molecule has 2 saturated heterocycles. The van der Waals surface area contributed by atoms with E-state index in [1.807, 2.05) is 0 Å². The third-order valence-corrected chi connectivity index (χ3v) is 6.76. The first-order chi connectivity index (χ1) is 12.6. The van der Waals surface area contributed by atoms with Crippen molar-refractivity contribution in [2.75, 3.05) is 20.3 Å². The second-order valence-electron chi connectivity index (χ2n) is 8.42. The van der Waals surface area contributed by atoms with E-state index in [1.165, 1.54) is 18.2 Å². The minimum Gasteiger partial charge on any atom is -0.384 e. The maximum Gasteiger partial charge on any atom is 0.129 e. The normalized spacial score (nSPS) is 45.8. The lowest BCUT2D eigenvalue weighted by Crippen LogP contribution is -2.45. The summed E-state index contributed by atoms with van der Waals surface area (Å²) in [6.07, 6.45) is 10.8. The second-order valence-corrected chi connectivity index (χ2v) is 8.42. The fourth-order valence-corrected chi connectivity index (χ4v) is 5.58. The highest BCUT2D eigenvalue weighted by Crippen LogP contribution is 2.40. The third-order valence-electron chi connectivity index (χ3n) is 6.76. The van der Waals surface area contributed by atoms with E-state index in [4.69, 9.17) is 4.74 Å². The van der Waals surface area contributed by atoms with Crippen molar-refractivity contribution in [2.24, 2.45) is 17.8 Å². The van der Waals surface area contributed by atoms with Crippen molar-refractivity contribution < 1.29 is 13.5 Å². The molecule has 0 aromatic carbocycles. The molecule has 0 radical (unpaired) electrons. The second kappa shape index (κ2) is 7.53. The maximum absolute atomic E-state index is 14.3. The number of fused-ring (bicyclic) bond motifs is 1. The Labute approximate surface area is 155 Å². The lowest BCUT2D eigenvalue weighted by atomic mass is 9.83. The van der Waals surface area contributed by atoms with Gasteiger partial charge in [-0.05, 0) is 37.3 Å². The van der Waals surface area contributed by atoms with Crippen LogP contribution in [0.2, 0.25) is 0 Å². The topological polar surface area (TPSA) is 24.5 Å². The number of hydrogen-bond acceptors (Lipinski definition) is 3. The van der Waals surface area contributed by atoms with E-state index < -0.39 is 12.1 Å². The Balaban J connectivity index is 1.45. The van der Waals surface area contributed by atoms with Crippen LogP contribution in [-0.2, 0) is 4.74 Å². The summed E-state index contributed by atoms with van der Waals surface area (Å²) in [5, 5.41) is 3.56. The number of nitrogens with zero attached hydrogens (tertiary/aromatic N) is 1. The average molecular weight is 364 g/mol. The van der Waals surface area contributed by atoms with Crippen LogP contribution in [0.15, 0.2) is 36.2 Å². The van der Waals surface area contributed by atoms with E-state index in [-0.39, 0.29) is 11.9 Å². The molecule has 4 aliphatic rings. The van der Waals surface area contributed by atoms with Gasteiger partial charge in [0.1, 0.15) is 12.0 Å². The molecule has 1 N–H and O–H groups in total. The molecule has 4 rings (SSSR count). The van der Waals surface area contributed by atoms with Gasteiger partial charge in [-0.3, -0.25) is 4.90 Å². The molecular formula is C21H30F2N2O. The van der Waals surface area contributed by atoms with Gasteiger partial charge in [-0.1, -0.05) is 25.2 Å². The number of halogens is 2.